The summed E-state index contributed by atoms with van der Waals surface area (Å²) in [5, 5.41) is 0. The summed E-state index contributed by atoms with van der Waals surface area (Å²) in [5.74, 6) is 0. The number of hydrogen-bond donors (Lipinski definition) is 2. The fourth-order valence-electron chi connectivity index (χ4n) is 0.664. The molecule has 0 radical (unpaired) electrons. The Bertz CT molecular complexity index is 265. The molecule has 0 fully saturated rings. The van der Waals surface area contributed by atoms with Crippen LogP contribution >= 0.6 is 12.6 Å². The van der Waals surface area contributed by atoms with Crippen LogP contribution in [-0.2, 0) is 0 Å². The Morgan fingerprint density at radius 3 is 2.55 bits per heavy atom. The normalized spacial score (nSPS) is 8.45. The van der Waals surface area contributed by atoms with Crippen LogP contribution in [0, 0.1) is 0 Å². The fraction of sp³-hybridized carbons (Fsp3) is 0. The summed E-state index contributed by atoms with van der Waals surface area (Å²) in [4.78, 5) is 11.0. The van der Waals surface area contributed by atoms with Crippen LogP contribution in [-0.4, -0.2) is 35.8 Å². The molecule has 1 rings (SSSR count). The van der Waals surface area contributed by atoms with Crippen molar-refractivity contribution in [3.63, 3.8) is 0 Å². The van der Waals surface area contributed by atoms with Crippen LogP contribution in [0.3, 0.4) is 0 Å². The SMILES string of the molecule is Nc1ccc(S)cc1C=O.[NaH]. The molecule has 0 spiro atoms. The van der Waals surface area contributed by atoms with E-state index in [1.54, 1.807) is 18.2 Å². The minimum atomic E-state index is 0. The molecule has 0 aliphatic heterocycles. The van der Waals surface area contributed by atoms with Crippen LogP contribution in [0.4, 0.5) is 5.69 Å². The second-order valence-electron chi connectivity index (χ2n) is 1.93. The van der Waals surface area contributed by atoms with Gasteiger partial charge in [-0.2, -0.15) is 0 Å². The number of aldehydes is 1. The second-order valence-corrected chi connectivity index (χ2v) is 2.45. The summed E-state index contributed by atoms with van der Waals surface area (Å²) < 4.78 is 0. The summed E-state index contributed by atoms with van der Waals surface area (Å²) in [6, 6.07) is 5.03. The third-order valence-corrected chi connectivity index (χ3v) is 1.48. The third-order valence-electron chi connectivity index (χ3n) is 1.20. The molecule has 0 heterocycles. The molecule has 4 heteroatoms. The summed E-state index contributed by atoms with van der Waals surface area (Å²) in [6.45, 7) is 0. The average Bonchev–Trinajstić information content (AvgIpc) is 1.94. The van der Waals surface area contributed by atoms with Crippen molar-refractivity contribution >= 4 is 54.2 Å². The first-order chi connectivity index (χ1) is 4.74. The molecule has 0 amide bonds. The Morgan fingerprint density at radius 2 is 2.09 bits per heavy atom. The van der Waals surface area contributed by atoms with Gasteiger partial charge in [0.15, 0.2) is 6.29 Å². The fourth-order valence-corrected chi connectivity index (χ4v) is 0.878. The van der Waals surface area contributed by atoms with Crippen LogP contribution in [0.25, 0.3) is 0 Å². The van der Waals surface area contributed by atoms with Gasteiger partial charge in [0.25, 0.3) is 0 Å². The van der Waals surface area contributed by atoms with Crippen molar-refractivity contribution in [2.75, 3.05) is 5.73 Å². The van der Waals surface area contributed by atoms with Gasteiger partial charge in [0.05, 0.1) is 0 Å². The number of nitrogens with two attached hydrogens (primary N) is 1. The molecule has 54 valence electrons. The van der Waals surface area contributed by atoms with E-state index < -0.39 is 0 Å². The van der Waals surface area contributed by atoms with Gasteiger partial charge in [0.2, 0.25) is 0 Å². The zero-order valence-corrected chi connectivity index (χ0v) is 6.14. The van der Waals surface area contributed by atoms with Crippen molar-refractivity contribution in [1.29, 1.82) is 0 Å². The van der Waals surface area contributed by atoms with Crippen LogP contribution in [0.5, 0.6) is 0 Å². The number of carbonyl (C=O) groups excluding carboxylic acids is 1. The Kier molecular flexibility index (Phi) is 4.84. The first-order valence-corrected chi connectivity index (χ1v) is 3.22. The molecule has 0 bridgehead atoms. The topological polar surface area (TPSA) is 43.1 Å². The second kappa shape index (κ2) is 4.83. The summed E-state index contributed by atoms with van der Waals surface area (Å²) >= 11 is 4.04. The standard InChI is InChI=1S/C7H7NOS.Na.H/c8-7-2-1-6(10)3-5(7)4-9;;/h1-4,10H,8H2;;. The van der Waals surface area contributed by atoms with E-state index in [0.29, 0.717) is 11.3 Å². The maximum absolute atomic E-state index is 10.3. The van der Waals surface area contributed by atoms with E-state index >= 15 is 0 Å². The van der Waals surface area contributed by atoms with Crippen LogP contribution in [0.15, 0.2) is 23.1 Å². The Morgan fingerprint density at radius 1 is 1.45 bits per heavy atom. The molecule has 2 nitrogen and oxygen atoms in total. The quantitative estimate of drug-likeness (QED) is 0.287. The Labute approximate surface area is 92.9 Å². The van der Waals surface area contributed by atoms with E-state index in [2.05, 4.69) is 12.6 Å². The number of carbonyl (C=O) groups is 1. The Hall–Kier alpha value is 0.0400. The van der Waals surface area contributed by atoms with Crippen molar-refractivity contribution in [2.45, 2.75) is 4.90 Å². The van der Waals surface area contributed by atoms with E-state index in [9.17, 15) is 4.79 Å². The number of nitrogen functional groups attached to an aromatic ring is 1. The number of thiol groups is 1. The van der Waals surface area contributed by atoms with E-state index in [1.807, 2.05) is 0 Å². The Balaban J connectivity index is 0.000001000. The zero-order valence-electron chi connectivity index (χ0n) is 5.24. The number of anilines is 1. The van der Waals surface area contributed by atoms with E-state index in [1.165, 1.54) is 0 Å². The van der Waals surface area contributed by atoms with Crippen molar-refractivity contribution in [2.24, 2.45) is 0 Å². The summed E-state index contributed by atoms with van der Waals surface area (Å²) in [6.07, 6.45) is 0.717. The molecule has 0 atom stereocenters. The van der Waals surface area contributed by atoms with Crippen LogP contribution in [0.1, 0.15) is 10.4 Å². The average molecular weight is 177 g/mol. The number of benzene rings is 1. The molecule has 2 N–H and O–H groups in total. The van der Waals surface area contributed by atoms with Gasteiger partial charge in [-0.3, -0.25) is 4.79 Å². The van der Waals surface area contributed by atoms with Gasteiger partial charge < -0.3 is 5.73 Å². The van der Waals surface area contributed by atoms with Gasteiger partial charge in [-0.1, -0.05) is 0 Å². The molecular weight excluding hydrogens is 169 g/mol. The molecule has 1 aromatic rings. The molecule has 0 aromatic heterocycles. The van der Waals surface area contributed by atoms with Crippen molar-refractivity contribution in [3.8, 4) is 0 Å². The van der Waals surface area contributed by atoms with Gasteiger partial charge in [-0.25, -0.2) is 0 Å². The monoisotopic (exact) mass is 177 g/mol. The molecule has 11 heavy (non-hydrogen) atoms. The molecule has 0 unspecified atom stereocenters. The van der Waals surface area contributed by atoms with Gasteiger partial charge >= 0.3 is 29.6 Å². The van der Waals surface area contributed by atoms with Gasteiger partial charge in [0.1, 0.15) is 0 Å². The van der Waals surface area contributed by atoms with E-state index in [4.69, 9.17) is 5.73 Å². The van der Waals surface area contributed by atoms with E-state index in [0.717, 1.165) is 11.2 Å². The maximum atomic E-state index is 10.3. The van der Waals surface area contributed by atoms with Gasteiger partial charge in [-0.15, -0.1) is 12.6 Å². The predicted octanol–water partition coefficient (Wildman–Crippen LogP) is 0.721. The minimum absolute atomic E-state index is 0. The first kappa shape index (κ1) is 11.0. The predicted molar refractivity (Wildman–Crippen MR) is 50.6 cm³/mol. The zero-order chi connectivity index (χ0) is 7.56. The van der Waals surface area contributed by atoms with E-state index in [-0.39, 0.29) is 29.6 Å². The summed E-state index contributed by atoms with van der Waals surface area (Å²) in [7, 11) is 0. The molecule has 1 aromatic carbocycles. The third kappa shape index (κ3) is 2.87. The molecule has 0 saturated carbocycles. The van der Waals surface area contributed by atoms with Crippen LogP contribution < -0.4 is 5.73 Å². The molecule has 0 saturated heterocycles. The number of rotatable bonds is 1. The number of hydrogen-bond acceptors (Lipinski definition) is 3. The molecular formula is C7H8NNaOS. The van der Waals surface area contributed by atoms with Crippen LogP contribution in [0.2, 0.25) is 0 Å². The van der Waals surface area contributed by atoms with Crippen molar-refractivity contribution in [3.05, 3.63) is 23.8 Å². The van der Waals surface area contributed by atoms with Gasteiger partial charge in [0, 0.05) is 16.1 Å². The van der Waals surface area contributed by atoms with Gasteiger partial charge in [-0.05, 0) is 18.2 Å². The summed E-state index contributed by atoms with van der Waals surface area (Å²) in [5.41, 5.74) is 6.42. The first-order valence-electron chi connectivity index (χ1n) is 2.77. The van der Waals surface area contributed by atoms with Crippen molar-refractivity contribution in [1.82, 2.24) is 0 Å². The molecule has 0 aliphatic carbocycles. The molecule has 0 aliphatic rings. The van der Waals surface area contributed by atoms with Crippen molar-refractivity contribution < 1.29 is 4.79 Å².